The van der Waals surface area contributed by atoms with Crippen LogP contribution in [0.5, 0.6) is 0 Å². The highest BCUT2D eigenvalue weighted by Crippen LogP contribution is 2.29. The molecule has 120 valence electrons. The number of benzene rings is 2. The molecule has 0 radical (unpaired) electrons. The first kappa shape index (κ1) is 14.5. The first-order valence-corrected chi connectivity index (χ1v) is 7.75. The van der Waals surface area contributed by atoms with E-state index in [4.69, 9.17) is 8.83 Å². The van der Waals surface area contributed by atoms with E-state index in [0.717, 1.165) is 16.5 Å². The number of oxazole rings is 1. The van der Waals surface area contributed by atoms with Crippen LogP contribution in [0.3, 0.4) is 0 Å². The van der Waals surface area contributed by atoms with Gasteiger partial charge < -0.3 is 14.2 Å². The van der Waals surface area contributed by atoms with Gasteiger partial charge in [0.25, 0.3) is 6.01 Å². The predicted octanol–water partition coefficient (Wildman–Crippen LogP) is 4.16. The summed E-state index contributed by atoms with van der Waals surface area (Å²) in [7, 11) is 0. The highest BCUT2D eigenvalue weighted by molar-refractivity contribution is 6.01. The third-order valence-electron chi connectivity index (χ3n) is 4.27. The van der Waals surface area contributed by atoms with Crippen LogP contribution in [-0.4, -0.2) is 4.98 Å². The standard InChI is InChI=1S/C19H16N2O3/c1-11-12(2)18(22)24-17-14(11)8-9-15-16(17)21-19(23-15)20-10-13-6-4-3-5-7-13/h3-9H,10H2,1-2H3,(H,20,21). The molecule has 0 saturated carbocycles. The third-order valence-corrected chi connectivity index (χ3v) is 4.27. The molecule has 5 heteroatoms. The molecule has 0 aliphatic carbocycles. The Bertz CT molecular complexity index is 1090. The normalized spacial score (nSPS) is 11.2. The van der Waals surface area contributed by atoms with Crippen molar-refractivity contribution in [2.24, 2.45) is 0 Å². The summed E-state index contributed by atoms with van der Waals surface area (Å²) in [6, 6.07) is 14.1. The van der Waals surface area contributed by atoms with Gasteiger partial charge in [0, 0.05) is 17.5 Å². The number of aryl methyl sites for hydroxylation is 1. The minimum atomic E-state index is -0.339. The average molecular weight is 320 g/mol. The Morgan fingerprint density at radius 3 is 2.58 bits per heavy atom. The third kappa shape index (κ3) is 2.34. The lowest BCUT2D eigenvalue weighted by Crippen LogP contribution is -2.05. The molecule has 1 N–H and O–H groups in total. The van der Waals surface area contributed by atoms with Crippen LogP contribution < -0.4 is 10.9 Å². The Morgan fingerprint density at radius 1 is 1.00 bits per heavy atom. The number of aromatic nitrogens is 1. The summed E-state index contributed by atoms with van der Waals surface area (Å²) >= 11 is 0. The Kier molecular flexibility index (Phi) is 3.34. The van der Waals surface area contributed by atoms with Gasteiger partial charge in [0.05, 0.1) is 0 Å². The molecule has 4 rings (SSSR count). The summed E-state index contributed by atoms with van der Waals surface area (Å²) < 4.78 is 11.2. The van der Waals surface area contributed by atoms with Crippen LogP contribution in [0.15, 0.2) is 56.1 Å². The van der Waals surface area contributed by atoms with Crippen molar-refractivity contribution in [2.45, 2.75) is 20.4 Å². The van der Waals surface area contributed by atoms with Crippen molar-refractivity contribution < 1.29 is 8.83 Å². The van der Waals surface area contributed by atoms with Crippen molar-refractivity contribution in [1.82, 2.24) is 4.98 Å². The lowest BCUT2D eigenvalue weighted by molar-refractivity contribution is 0.556. The molecule has 0 fully saturated rings. The maximum atomic E-state index is 12.0. The minimum absolute atomic E-state index is 0.339. The van der Waals surface area contributed by atoms with E-state index in [1.54, 1.807) is 6.92 Å². The zero-order valence-corrected chi connectivity index (χ0v) is 13.4. The van der Waals surface area contributed by atoms with Crippen LogP contribution in [0.1, 0.15) is 16.7 Å². The molecule has 0 atom stereocenters. The van der Waals surface area contributed by atoms with Gasteiger partial charge in [0.1, 0.15) is 0 Å². The van der Waals surface area contributed by atoms with E-state index < -0.39 is 0 Å². The summed E-state index contributed by atoms with van der Waals surface area (Å²) in [5.74, 6) is 0. The van der Waals surface area contributed by atoms with E-state index in [2.05, 4.69) is 10.3 Å². The van der Waals surface area contributed by atoms with Gasteiger partial charge in [-0.05, 0) is 37.1 Å². The highest BCUT2D eigenvalue weighted by atomic mass is 16.4. The van der Waals surface area contributed by atoms with Crippen molar-refractivity contribution in [1.29, 1.82) is 0 Å². The van der Waals surface area contributed by atoms with Crippen molar-refractivity contribution >= 4 is 28.1 Å². The monoisotopic (exact) mass is 320 g/mol. The SMILES string of the molecule is Cc1c(C)c2ccc3oc(NCc4ccccc4)nc3c2oc1=O. The Labute approximate surface area is 137 Å². The quantitative estimate of drug-likeness (QED) is 0.574. The maximum Gasteiger partial charge on any atom is 0.339 e. The van der Waals surface area contributed by atoms with Gasteiger partial charge in [-0.1, -0.05) is 30.3 Å². The second-order valence-electron chi connectivity index (χ2n) is 5.79. The van der Waals surface area contributed by atoms with Crippen LogP contribution in [0.25, 0.3) is 22.1 Å². The molecule has 0 bridgehead atoms. The number of nitrogens with zero attached hydrogens (tertiary/aromatic N) is 1. The molecule has 0 amide bonds. The molecule has 0 saturated heterocycles. The number of fused-ring (bicyclic) bond motifs is 3. The summed E-state index contributed by atoms with van der Waals surface area (Å²) in [6.07, 6.45) is 0. The smallest absolute Gasteiger partial charge is 0.339 e. The van der Waals surface area contributed by atoms with E-state index in [1.807, 2.05) is 49.4 Å². The topological polar surface area (TPSA) is 68.3 Å². The second-order valence-corrected chi connectivity index (χ2v) is 5.79. The molecule has 0 aliphatic rings. The van der Waals surface area contributed by atoms with Gasteiger partial charge in [-0.3, -0.25) is 0 Å². The molecule has 5 nitrogen and oxygen atoms in total. The first-order valence-electron chi connectivity index (χ1n) is 7.75. The predicted molar refractivity (Wildman–Crippen MR) is 93.3 cm³/mol. The zero-order chi connectivity index (χ0) is 16.7. The van der Waals surface area contributed by atoms with Crippen molar-refractivity contribution in [2.75, 3.05) is 5.32 Å². The lowest BCUT2D eigenvalue weighted by Gasteiger charge is -2.03. The number of anilines is 1. The molecular weight excluding hydrogens is 304 g/mol. The fraction of sp³-hybridized carbons (Fsp3) is 0.158. The molecule has 2 aromatic carbocycles. The van der Waals surface area contributed by atoms with Gasteiger partial charge in [-0.25, -0.2) is 4.79 Å². The summed E-state index contributed by atoms with van der Waals surface area (Å²) in [5.41, 5.74) is 3.93. The fourth-order valence-corrected chi connectivity index (χ4v) is 2.74. The Balaban J connectivity index is 1.78. The van der Waals surface area contributed by atoms with Crippen LogP contribution in [0, 0.1) is 13.8 Å². The van der Waals surface area contributed by atoms with Crippen molar-refractivity contribution in [3.05, 3.63) is 69.6 Å². The van der Waals surface area contributed by atoms with E-state index in [1.165, 1.54) is 0 Å². The van der Waals surface area contributed by atoms with Gasteiger partial charge in [0.2, 0.25) is 0 Å². The lowest BCUT2D eigenvalue weighted by atomic mass is 10.1. The fourth-order valence-electron chi connectivity index (χ4n) is 2.74. The molecule has 0 aliphatic heterocycles. The number of hydrogen-bond donors (Lipinski definition) is 1. The summed E-state index contributed by atoms with van der Waals surface area (Å²) in [4.78, 5) is 16.4. The molecule has 2 aromatic heterocycles. The number of nitrogens with one attached hydrogen (secondary N) is 1. The van der Waals surface area contributed by atoms with Gasteiger partial charge in [0.15, 0.2) is 16.7 Å². The first-order chi connectivity index (χ1) is 11.6. The van der Waals surface area contributed by atoms with Gasteiger partial charge in [-0.2, -0.15) is 4.98 Å². The largest absolute Gasteiger partial charge is 0.423 e. The van der Waals surface area contributed by atoms with E-state index in [0.29, 0.717) is 34.8 Å². The molecule has 2 heterocycles. The molecular formula is C19H16N2O3. The van der Waals surface area contributed by atoms with Crippen LogP contribution in [0.2, 0.25) is 0 Å². The average Bonchev–Trinajstić information content (AvgIpc) is 3.02. The number of hydrogen-bond acceptors (Lipinski definition) is 5. The summed E-state index contributed by atoms with van der Waals surface area (Å²) in [6.45, 7) is 4.28. The van der Waals surface area contributed by atoms with Gasteiger partial charge >= 0.3 is 5.63 Å². The Morgan fingerprint density at radius 2 is 1.79 bits per heavy atom. The summed E-state index contributed by atoms with van der Waals surface area (Å²) in [5, 5.41) is 4.04. The molecule has 0 spiro atoms. The van der Waals surface area contributed by atoms with Crippen molar-refractivity contribution in [3.63, 3.8) is 0 Å². The van der Waals surface area contributed by atoms with E-state index in [-0.39, 0.29) is 5.63 Å². The van der Waals surface area contributed by atoms with Crippen LogP contribution in [-0.2, 0) is 6.54 Å². The van der Waals surface area contributed by atoms with Crippen LogP contribution >= 0.6 is 0 Å². The second kappa shape index (κ2) is 5.53. The maximum absolute atomic E-state index is 12.0. The number of rotatable bonds is 3. The Hall–Kier alpha value is -3.08. The minimum Gasteiger partial charge on any atom is -0.423 e. The zero-order valence-electron chi connectivity index (χ0n) is 13.4. The molecule has 4 aromatic rings. The molecule has 24 heavy (non-hydrogen) atoms. The molecule has 0 unspecified atom stereocenters. The van der Waals surface area contributed by atoms with Crippen molar-refractivity contribution in [3.8, 4) is 0 Å². The van der Waals surface area contributed by atoms with E-state index in [9.17, 15) is 4.79 Å². The van der Waals surface area contributed by atoms with E-state index >= 15 is 0 Å². The van der Waals surface area contributed by atoms with Crippen LogP contribution in [0.4, 0.5) is 6.01 Å². The van der Waals surface area contributed by atoms with Gasteiger partial charge in [-0.15, -0.1) is 0 Å². The highest BCUT2D eigenvalue weighted by Gasteiger charge is 2.15.